The lowest BCUT2D eigenvalue weighted by Crippen LogP contribution is -2.27. The summed E-state index contributed by atoms with van der Waals surface area (Å²) in [6.07, 6.45) is 4.67. The van der Waals surface area contributed by atoms with Crippen LogP contribution in [0.15, 0.2) is 59.4 Å². The van der Waals surface area contributed by atoms with Gasteiger partial charge in [-0.3, -0.25) is 9.78 Å². The topological polar surface area (TPSA) is 72.1 Å². The van der Waals surface area contributed by atoms with Gasteiger partial charge in [0.05, 0.1) is 5.92 Å². The van der Waals surface area contributed by atoms with E-state index in [2.05, 4.69) is 27.3 Å². The van der Waals surface area contributed by atoms with Crippen molar-refractivity contribution in [3.8, 4) is 11.4 Å². The van der Waals surface area contributed by atoms with Gasteiger partial charge >= 0.3 is 0 Å². The minimum absolute atomic E-state index is 0.0406. The van der Waals surface area contributed by atoms with E-state index in [4.69, 9.17) is 4.52 Å². The van der Waals surface area contributed by atoms with Crippen LogP contribution in [0.3, 0.4) is 0 Å². The van der Waals surface area contributed by atoms with Gasteiger partial charge < -0.3 is 9.42 Å². The lowest BCUT2D eigenvalue weighted by molar-refractivity contribution is -0.127. The molecular formula is C19H18N4O2. The highest BCUT2D eigenvalue weighted by atomic mass is 16.5. The Morgan fingerprint density at radius 3 is 2.84 bits per heavy atom. The minimum Gasteiger partial charge on any atom is -0.342 e. The Balaban J connectivity index is 1.41. The highest BCUT2D eigenvalue weighted by molar-refractivity contribution is 5.79. The molecule has 25 heavy (non-hydrogen) atoms. The first-order valence-corrected chi connectivity index (χ1v) is 8.35. The van der Waals surface area contributed by atoms with Crippen molar-refractivity contribution in [2.75, 3.05) is 13.1 Å². The van der Waals surface area contributed by atoms with E-state index >= 15 is 0 Å². The summed E-state index contributed by atoms with van der Waals surface area (Å²) in [5.41, 5.74) is 2.04. The Kier molecular flexibility index (Phi) is 4.24. The number of benzene rings is 1. The van der Waals surface area contributed by atoms with Gasteiger partial charge in [-0.15, -0.1) is 0 Å². The fraction of sp³-hybridized carbons (Fsp3) is 0.263. The highest BCUT2D eigenvalue weighted by Gasteiger charge is 2.34. The Morgan fingerprint density at radius 1 is 1.16 bits per heavy atom. The van der Waals surface area contributed by atoms with Crippen molar-refractivity contribution in [3.63, 3.8) is 0 Å². The Bertz CT molecular complexity index is 848. The molecule has 1 atom stereocenters. The third-order valence-corrected chi connectivity index (χ3v) is 4.44. The van der Waals surface area contributed by atoms with Gasteiger partial charge in [0, 0.05) is 37.5 Å². The van der Waals surface area contributed by atoms with Gasteiger partial charge in [-0.25, -0.2) is 0 Å². The number of nitrogens with zero attached hydrogens (tertiary/aromatic N) is 4. The zero-order valence-corrected chi connectivity index (χ0v) is 13.7. The van der Waals surface area contributed by atoms with Gasteiger partial charge in [0.25, 0.3) is 0 Å². The maximum atomic E-state index is 12.3. The molecule has 4 rings (SSSR count). The predicted molar refractivity (Wildman–Crippen MR) is 91.6 cm³/mol. The van der Waals surface area contributed by atoms with Crippen LogP contribution in [0.2, 0.25) is 0 Å². The number of pyridine rings is 1. The van der Waals surface area contributed by atoms with Crippen LogP contribution >= 0.6 is 0 Å². The van der Waals surface area contributed by atoms with E-state index in [-0.39, 0.29) is 11.8 Å². The summed E-state index contributed by atoms with van der Waals surface area (Å²) in [5.74, 6) is 1.14. The summed E-state index contributed by atoms with van der Waals surface area (Å²) >= 11 is 0. The van der Waals surface area contributed by atoms with E-state index in [0.717, 1.165) is 12.0 Å². The largest absolute Gasteiger partial charge is 0.342 e. The fourth-order valence-electron chi connectivity index (χ4n) is 3.08. The van der Waals surface area contributed by atoms with Gasteiger partial charge in [-0.05, 0) is 24.1 Å². The van der Waals surface area contributed by atoms with Gasteiger partial charge in [-0.1, -0.05) is 35.5 Å². The smallest absolute Gasteiger partial charge is 0.232 e. The summed E-state index contributed by atoms with van der Waals surface area (Å²) < 4.78 is 5.39. The van der Waals surface area contributed by atoms with E-state index in [1.165, 1.54) is 5.56 Å². The van der Waals surface area contributed by atoms with Crippen LogP contribution < -0.4 is 0 Å². The number of hydrogen-bond acceptors (Lipinski definition) is 5. The Morgan fingerprint density at radius 2 is 2.04 bits per heavy atom. The SMILES string of the molecule is O=C1CC(c2nc(-c3cccnc3)no2)CN1CCc1ccccc1. The van der Waals surface area contributed by atoms with Crippen LogP contribution in [0.5, 0.6) is 0 Å². The first-order chi connectivity index (χ1) is 12.3. The molecule has 3 aromatic rings. The summed E-state index contributed by atoms with van der Waals surface area (Å²) in [6.45, 7) is 1.34. The minimum atomic E-state index is -0.0406. The molecule has 0 aliphatic carbocycles. The molecule has 0 radical (unpaired) electrons. The lowest BCUT2D eigenvalue weighted by Gasteiger charge is -2.15. The molecule has 0 bridgehead atoms. The number of aromatic nitrogens is 3. The monoisotopic (exact) mass is 334 g/mol. The molecule has 1 unspecified atom stereocenters. The number of hydrogen-bond donors (Lipinski definition) is 0. The van der Waals surface area contributed by atoms with Crippen LogP contribution in [-0.4, -0.2) is 39.0 Å². The zero-order valence-electron chi connectivity index (χ0n) is 13.7. The van der Waals surface area contributed by atoms with Crippen molar-refractivity contribution in [1.82, 2.24) is 20.0 Å². The Labute approximate surface area is 145 Å². The first-order valence-electron chi connectivity index (χ1n) is 8.35. The van der Waals surface area contributed by atoms with Crippen molar-refractivity contribution in [3.05, 3.63) is 66.3 Å². The van der Waals surface area contributed by atoms with Crippen LogP contribution in [-0.2, 0) is 11.2 Å². The number of amides is 1. The molecule has 1 aliphatic heterocycles. The molecule has 0 N–H and O–H groups in total. The van der Waals surface area contributed by atoms with E-state index in [1.807, 2.05) is 35.2 Å². The molecule has 3 heterocycles. The summed E-state index contributed by atoms with van der Waals surface area (Å²) in [7, 11) is 0. The van der Waals surface area contributed by atoms with Crippen molar-refractivity contribution in [1.29, 1.82) is 0 Å². The van der Waals surface area contributed by atoms with E-state index in [9.17, 15) is 4.79 Å². The number of carbonyl (C=O) groups is 1. The summed E-state index contributed by atoms with van der Waals surface area (Å²) in [4.78, 5) is 22.7. The second kappa shape index (κ2) is 6.84. The fourth-order valence-corrected chi connectivity index (χ4v) is 3.08. The molecule has 1 aromatic carbocycles. The molecule has 1 fully saturated rings. The second-order valence-corrected chi connectivity index (χ2v) is 6.17. The molecule has 1 amide bonds. The molecule has 1 aliphatic rings. The molecule has 1 saturated heterocycles. The average Bonchev–Trinajstić information content (AvgIpc) is 3.29. The lowest BCUT2D eigenvalue weighted by atomic mass is 10.1. The van der Waals surface area contributed by atoms with E-state index < -0.39 is 0 Å². The van der Waals surface area contributed by atoms with Crippen molar-refractivity contribution in [2.24, 2.45) is 0 Å². The van der Waals surface area contributed by atoms with Gasteiger partial charge in [0.15, 0.2) is 0 Å². The van der Waals surface area contributed by atoms with Gasteiger partial charge in [0.1, 0.15) is 0 Å². The number of rotatable bonds is 5. The van der Waals surface area contributed by atoms with Gasteiger partial charge in [-0.2, -0.15) is 4.98 Å². The molecule has 0 spiro atoms. The molecule has 2 aromatic heterocycles. The number of likely N-dealkylation sites (tertiary alicyclic amines) is 1. The third-order valence-electron chi connectivity index (χ3n) is 4.44. The molecular weight excluding hydrogens is 316 g/mol. The highest BCUT2D eigenvalue weighted by Crippen LogP contribution is 2.28. The Hall–Kier alpha value is -3.02. The molecule has 6 heteroatoms. The predicted octanol–water partition coefficient (Wildman–Crippen LogP) is 2.69. The molecule has 126 valence electrons. The summed E-state index contributed by atoms with van der Waals surface area (Å²) in [5, 5.41) is 4.02. The zero-order chi connectivity index (χ0) is 17.1. The van der Waals surface area contributed by atoms with E-state index in [0.29, 0.717) is 31.2 Å². The van der Waals surface area contributed by atoms with Crippen LogP contribution in [0.25, 0.3) is 11.4 Å². The van der Waals surface area contributed by atoms with Crippen molar-refractivity contribution in [2.45, 2.75) is 18.8 Å². The van der Waals surface area contributed by atoms with Crippen molar-refractivity contribution >= 4 is 5.91 Å². The third kappa shape index (κ3) is 3.42. The molecule has 0 saturated carbocycles. The summed E-state index contributed by atoms with van der Waals surface area (Å²) in [6, 6.07) is 13.9. The quantitative estimate of drug-likeness (QED) is 0.717. The van der Waals surface area contributed by atoms with Crippen LogP contribution in [0.4, 0.5) is 0 Å². The average molecular weight is 334 g/mol. The normalized spacial score (nSPS) is 17.2. The maximum absolute atomic E-state index is 12.3. The standard InChI is InChI=1S/C19H18N4O2/c24-17-11-16(13-23(17)10-8-14-5-2-1-3-6-14)19-21-18(22-25-19)15-7-4-9-20-12-15/h1-7,9,12,16H,8,10-11,13H2. The van der Waals surface area contributed by atoms with Crippen molar-refractivity contribution < 1.29 is 9.32 Å². The van der Waals surface area contributed by atoms with Crippen LogP contribution in [0.1, 0.15) is 23.8 Å². The number of carbonyl (C=O) groups excluding carboxylic acids is 1. The maximum Gasteiger partial charge on any atom is 0.232 e. The van der Waals surface area contributed by atoms with Crippen LogP contribution in [0, 0.1) is 0 Å². The first kappa shape index (κ1) is 15.5. The molecule has 6 nitrogen and oxygen atoms in total. The second-order valence-electron chi connectivity index (χ2n) is 6.17. The van der Waals surface area contributed by atoms with E-state index in [1.54, 1.807) is 12.4 Å². The van der Waals surface area contributed by atoms with Gasteiger partial charge in [0.2, 0.25) is 17.6 Å².